The van der Waals surface area contributed by atoms with Crippen molar-refractivity contribution in [1.29, 1.82) is 0 Å². The quantitative estimate of drug-likeness (QED) is 0.770. The lowest BCUT2D eigenvalue weighted by Gasteiger charge is -2.22. The number of hydrogen-bond acceptors (Lipinski definition) is 5. The average Bonchev–Trinajstić information content (AvgIpc) is 3.17. The number of carbonyl (C=O) groups excluding carboxylic acids is 1. The van der Waals surface area contributed by atoms with Gasteiger partial charge in [-0.15, -0.1) is 0 Å². The second-order valence-electron chi connectivity index (χ2n) is 5.29. The summed E-state index contributed by atoms with van der Waals surface area (Å²) in [5, 5.41) is 9.77. The molecule has 2 aromatic heterocycles. The van der Waals surface area contributed by atoms with E-state index in [4.69, 9.17) is 9.15 Å². The van der Waals surface area contributed by atoms with Gasteiger partial charge in [0, 0.05) is 25.9 Å². The van der Waals surface area contributed by atoms with Crippen LogP contribution < -0.4 is 10.6 Å². The predicted octanol–water partition coefficient (Wildman–Crippen LogP) is 1.55. The zero-order valence-electron chi connectivity index (χ0n) is 13.7. The minimum Gasteiger partial charge on any atom is -0.468 e. The van der Waals surface area contributed by atoms with Gasteiger partial charge in [-0.2, -0.15) is 5.10 Å². The molecular weight excluding hydrogens is 298 g/mol. The molecule has 0 radical (unpaired) electrons. The summed E-state index contributed by atoms with van der Waals surface area (Å²) in [5.74, 6) is 1.30. The van der Waals surface area contributed by atoms with Crippen LogP contribution in [0.15, 0.2) is 35.1 Å². The molecule has 0 spiro atoms. The van der Waals surface area contributed by atoms with E-state index in [9.17, 15) is 4.79 Å². The van der Waals surface area contributed by atoms with Crippen molar-refractivity contribution in [2.75, 3.05) is 39.7 Å². The van der Waals surface area contributed by atoms with Gasteiger partial charge >= 0.3 is 6.03 Å². The summed E-state index contributed by atoms with van der Waals surface area (Å²) in [6.07, 6.45) is 3.42. The van der Waals surface area contributed by atoms with E-state index < -0.39 is 0 Å². The molecule has 23 heavy (non-hydrogen) atoms. The molecule has 2 rings (SSSR count). The molecule has 1 atom stereocenters. The van der Waals surface area contributed by atoms with Crippen molar-refractivity contribution in [1.82, 2.24) is 20.0 Å². The number of ether oxygens (including phenoxy) is 1. The Bertz CT molecular complexity index is 594. The highest BCUT2D eigenvalue weighted by molar-refractivity contribution is 5.88. The van der Waals surface area contributed by atoms with Crippen LogP contribution in [0.25, 0.3) is 0 Å². The maximum absolute atomic E-state index is 12.0. The first-order chi connectivity index (χ1) is 11.1. The predicted molar refractivity (Wildman–Crippen MR) is 86.3 cm³/mol. The maximum Gasteiger partial charge on any atom is 0.320 e. The lowest BCUT2D eigenvalue weighted by Crippen LogP contribution is -2.36. The van der Waals surface area contributed by atoms with Crippen molar-refractivity contribution >= 4 is 11.8 Å². The van der Waals surface area contributed by atoms with E-state index in [1.54, 1.807) is 30.3 Å². The van der Waals surface area contributed by atoms with Crippen LogP contribution in [0.3, 0.4) is 0 Å². The molecule has 2 aromatic rings. The highest BCUT2D eigenvalue weighted by Crippen LogP contribution is 2.17. The smallest absolute Gasteiger partial charge is 0.320 e. The molecule has 0 aliphatic heterocycles. The first-order valence-corrected chi connectivity index (χ1v) is 7.37. The van der Waals surface area contributed by atoms with E-state index in [0.717, 1.165) is 5.76 Å². The lowest BCUT2D eigenvalue weighted by molar-refractivity contribution is 0.183. The molecule has 1 unspecified atom stereocenters. The third-order valence-electron chi connectivity index (χ3n) is 3.36. The summed E-state index contributed by atoms with van der Waals surface area (Å²) < 4.78 is 12.1. The molecule has 2 heterocycles. The van der Waals surface area contributed by atoms with Crippen molar-refractivity contribution < 1.29 is 13.9 Å². The number of rotatable bonds is 8. The van der Waals surface area contributed by atoms with Gasteiger partial charge in [0.05, 0.1) is 25.5 Å². The van der Waals surface area contributed by atoms with Crippen LogP contribution in [-0.4, -0.2) is 55.1 Å². The Morgan fingerprint density at radius 3 is 2.96 bits per heavy atom. The van der Waals surface area contributed by atoms with Gasteiger partial charge in [-0.25, -0.2) is 4.79 Å². The number of anilines is 1. The molecule has 126 valence electrons. The van der Waals surface area contributed by atoms with E-state index in [-0.39, 0.29) is 12.1 Å². The van der Waals surface area contributed by atoms with Crippen LogP contribution in [0.4, 0.5) is 10.6 Å². The summed E-state index contributed by atoms with van der Waals surface area (Å²) in [7, 11) is 5.50. The third kappa shape index (κ3) is 5.11. The number of likely N-dealkylation sites (N-methyl/N-ethyl adjacent to an activating group) is 1. The monoisotopic (exact) mass is 321 g/mol. The Kier molecular flexibility index (Phi) is 6.19. The second kappa shape index (κ2) is 8.35. The van der Waals surface area contributed by atoms with Gasteiger partial charge in [0.15, 0.2) is 5.82 Å². The molecule has 2 amide bonds. The molecule has 0 aliphatic carbocycles. The maximum atomic E-state index is 12.0. The number of nitrogens with one attached hydrogen (secondary N) is 2. The third-order valence-corrected chi connectivity index (χ3v) is 3.36. The molecule has 0 aliphatic rings. The zero-order chi connectivity index (χ0) is 16.7. The van der Waals surface area contributed by atoms with Gasteiger partial charge in [0.25, 0.3) is 0 Å². The molecule has 0 fully saturated rings. The fraction of sp³-hybridized carbons (Fsp3) is 0.467. The number of aromatic nitrogens is 2. The van der Waals surface area contributed by atoms with E-state index in [2.05, 4.69) is 15.7 Å². The first-order valence-electron chi connectivity index (χ1n) is 7.37. The normalized spacial score (nSPS) is 12.3. The Balaban J connectivity index is 1.83. The molecular formula is C15H23N5O3. The Labute approximate surface area is 135 Å². The van der Waals surface area contributed by atoms with Crippen LogP contribution in [0.1, 0.15) is 11.8 Å². The summed E-state index contributed by atoms with van der Waals surface area (Å²) in [6, 6.07) is 5.13. The number of methoxy groups -OCH3 is 1. The fourth-order valence-electron chi connectivity index (χ4n) is 2.11. The fourth-order valence-corrected chi connectivity index (χ4v) is 2.11. The molecule has 0 saturated carbocycles. The molecule has 0 saturated heterocycles. The number of furan rings is 1. The number of nitrogens with zero attached hydrogens (tertiary/aromatic N) is 3. The Hall–Kier alpha value is -2.32. The Morgan fingerprint density at radius 2 is 2.30 bits per heavy atom. The largest absolute Gasteiger partial charge is 0.468 e. The van der Waals surface area contributed by atoms with Crippen molar-refractivity contribution in [3.8, 4) is 0 Å². The topological polar surface area (TPSA) is 84.6 Å². The van der Waals surface area contributed by atoms with Crippen molar-refractivity contribution in [3.63, 3.8) is 0 Å². The summed E-state index contributed by atoms with van der Waals surface area (Å²) in [6.45, 7) is 1.64. The summed E-state index contributed by atoms with van der Waals surface area (Å²) >= 11 is 0. The molecule has 0 aromatic carbocycles. The number of carbonyl (C=O) groups is 1. The molecule has 8 heteroatoms. The van der Waals surface area contributed by atoms with Crippen LogP contribution in [0.5, 0.6) is 0 Å². The highest BCUT2D eigenvalue weighted by Gasteiger charge is 2.18. The van der Waals surface area contributed by atoms with E-state index >= 15 is 0 Å². The van der Waals surface area contributed by atoms with E-state index in [1.807, 2.05) is 31.1 Å². The number of amides is 2. The van der Waals surface area contributed by atoms with Gasteiger partial charge in [-0.3, -0.25) is 14.9 Å². The summed E-state index contributed by atoms with van der Waals surface area (Å²) in [4.78, 5) is 14.0. The van der Waals surface area contributed by atoms with Gasteiger partial charge in [-0.05, 0) is 26.2 Å². The summed E-state index contributed by atoms with van der Waals surface area (Å²) in [5.41, 5.74) is 0. The molecule has 8 nitrogen and oxygen atoms in total. The standard InChI is InChI=1S/C15H23N5O3/c1-19(2)12(13-5-4-9-23-13)11-16-15(21)17-14-6-7-20(18-14)8-10-22-3/h4-7,9,12H,8,10-11H2,1-3H3,(H2,16,17,18,21). The van der Waals surface area contributed by atoms with Crippen LogP contribution >= 0.6 is 0 Å². The van der Waals surface area contributed by atoms with Crippen LogP contribution in [0, 0.1) is 0 Å². The average molecular weight is 321 g/mol. The van der Waals surface area contributed by atoms with E-state index in [0.29, 0.717) is 25.5 Å². The van der Waals surface area contributed by atoms with Gasteiger partial charge < -0.3 is 14.5 Å². The number of urea groups is 1. The van der Waals surface area contributed by atoms with Crippen molar-refractivity contribution in [2.24, 2.45) is 0 Å². The van der Waals surface area contributed by atoms with E-state index in [1.165, 1.54) is 0 Å². The minimum atomic E-state index is -0.305. The first kappa shape index (κ1) is 17.0. The zero-order valence-corrected chi connectivity index (χ0v) is 13.7. The minimum absolute atomic E-state index is 0.0324. The Morgan fingerprint density at radius 1 is 1.48 bits per heavy atom. The molecule has 2 N–H and O–H groups in total. The van der Waals surface area contributed by atoms with Crippen molar-refractivity contribution in [3.05, 3.63) is 36.4 Å². The van der Waals surface area contributed by atoms with Crippen LogP contribution in [0.2, 0.25) is 0 Å². The van der Waals surface area contributed by atoms with Crippen LogP contribution in [-0.2, 0) is 11.3 Å². The second-order valence-corrected chi connectivity index (χ2v) is 5.29. The van der Waals surface area contributed by atoms with Gasteiger partial charge in [-0.1, -0.05) is 0 Å². The van der Waals surface area contributed by atoms with Gasteiger partial charge in [0.2, 0.25) is 0 Å². The lowest BCUT2D eigenvalue weighted by atomic mass is 10.2. The SMILES string of the molecule is COCCn1ccc(NC(=O)NCC(c2ccco2)N(C)C)n1. The van der Waals surface area contributed by atoms with Crippen molar-refractivity contribution in [2.45, 2.75) is 12.6 Å². The van der Waals surface area contributed by atoms with Gasteiger partial charge in [0.1, 0.15) is 5.76 Å². The highest BCUT2D eigenvalue weighted by atomic mass is 16.5. The number of hydrogen-bond donors (Lipinski definition) is 2. The molecule has 0 bridgehead atoms.